The van der Waals surface area contributed by atoms with Gasteiger partial charge in [0, 0.05) is 146 Å². The maximum Gasteiger partial charge on any atom is 0.160 e. The zero-order valence-corrected chi connectivity index (χ0v) is 69.9. The molecule has 600 valence electrons. The Hall–Kier alpha value is -17.3. The predicted octanol–water partition coefficient (Wildman–Crippen LogP) is 33.5. The molecule has 11 heteroatoms. The van der Waals surface area contributed by atoms with E-state index in [0.29, 0.717) is 5.56 Å². The van der Waals surface area contributed by atoms with Crippen molar-refractivity contribution in [3.63, 3.8) is 0 Å². The first-order valence-electron chi connectivity index (χ1n) is 44.4. The molecule has 0 bridgehead atoms. The van der Waals surface area contributed by atoms with Gasteiger partial charge in [-0.1, -0.05) is 191 Å². The van der Waals surface area contributed by atoms with E-state index in [-0.39, 0.29) is 5.41 Å². The van der Waals surface area contributed by atoms with Gasteiger partial charge >= 0.3 is 0 Å². The molecule has 0 aliphatic heterocycles. The molecule has 0 saturated carbocycles. The van der Waals surface area contributed by atoms with E-state index in [2.05, 4.69) is 348 Å². The smallest absolute Gasteiger partial charge is 0.160 e. The first kappa shape index (κ1) is 68.1. The van der Waals surface area contributed by atoms with Gasteiger partial charge in [0.15, 0.2) is 33.5 Å². The number of fused-ring (bicyclic) bond motifs is 45. The number of rotatable bonds is 5. The Bertz CT molecular complexity index is 10800. The molecule has 0 amide bonds. The molecule has 0 spiro atoms. The summed E-state index contributed by atoms with van der Waals surface area (Å²) in [7, 11) is 0. The molecule has 130 heavy (non-hydrogen) atoms. The monoisotopic (exact) mass is 1660 g/mol. The second-order valence-electron chi connectivity index (χ2n) is 37.1. The summed E-state index contributed by atoms with van der Waals surface area (Å²) in [5.74, 6) is 0. The standard InChI is InChI=1S/C119H63N5O6/c1-119(2,3)68-30-24-61(25-31-68)67-54-92-74-32-38-80-72-14-6-10-18-98(72)125-113(80)107(74)122-104(92)93(55-67)77-36-42-82-86-48-62(26-44-100(86)127-115(82)108(77)122)63-27-45-101-87(49-63)83-40-34-75-90-52-66(60-22-20-59(58-120)21-23-60)53-91-76-35-41-84-88-50-64(28-46-102(88)129-117(84)110(76)123(105(90)91)109(75)116(83)128-101)65-29-47-103-89(51-65)85-43-37-79-95-57-69(121-96-16-8-4-12-70(96)71-13-5-9-17-97(71)121)56-94-78-33-39-81-73-15-7-11-19-99(73)126-114(81)111(78)124(106(94)95)112(79)118(85)130-103/h4-57H,1-3H3. The van der Waals surface area contributed by atoms with E-state index >= 15 is 0 Å². The van der Waals surface area contributed by atoms with Crippen molar-refractivity contribution in [3.8, 4) is 56.3 Å². The summed E-state index contributed by atoms with van der Waals surface area (Å²) in [4.78, 5) is 0. The third-order valence-corrected chi connectivity index (χ3v) is 29.5. The van der Waals surface area contributed by atoms with Gasteiger partial charge in [-0.15, -0.1) is 0 Å². The lowest BCUT2D eigenvalue weighted by Gasteiger charge is -2.19. The second-order valence-corrected chi connectivity index (χ2v) is 37.1. The van der Waals surface area contributed by atoms with Crippen LogP contribution < -0.4 is 0 Å². The van der Waals surface area contributed by atoms with Crippen molar-refractivity contribution in [3.05, 3.63) is 339 Å². The maximum absolute atomic E-state index is 9.96. The lowest BCUT2D eigenvalue weighted by molar-refractivity contribution is 0.590. The van der Waals surface area contributed by atoms with Crippen molar-refractivity contribution >= 4 is 268 Å². The molecular weight excluding hydrogens is 1600 g/mol. The molecule has 32 aromatic rings. The fourth-order valence-electron chi connectivity index (χ4n) is 23.6. The fourth-order valence-corrected chi connectivity index (χ4v) is 23.6. The molecule has 0 aliphatic carbocycles. The molecule has 0 saturated heterocycles. The maximum atomic E-state index is 9.96. The molecule has 19 aromatic carbocycles. The van der Waals surface area contributed by atoms with Gasteiger partial charge in [0.1, 0.15) is 33.5 Å². The van der Waals surface area contributed by atoms with E-state index in [1.54, 1.807) is 0 Å². The zero-order valence-electron chi connectivity index (χ0n) is 69.9. The molecule has 0 radical (unpaired) electrons. The number of hydrogen-bond donors (Lipinski definition) is 0. The minimum atomic E-state index is 0.0320. The van der Waals surface area contributed by atoms with Crippen molar-refractivity contribution in [2.24, 2.45) is 0 Å². The van der Waals surface area contributed by atoms with Gasteiger partial charge in [-0.3, -0.25) is 0 Å². The molecular formula is C119H63N5O6. The van der Waals surface area contributed by atoms with Crippen LogP contribution in [-0.2, 0) is 5.41 Å². The Morgan fingerprint density at radius 2 is 0.462 bits per heavy atom. The van der Waals surface area contributed by atoms with Crippen LogP contribution in [0.4, 0.5) is 0 Å². The van der Waals surface area contributed by atoms with Gasteiger partial charge in [0.05, 0.1) is 72.3 Å². The highest BCUT2D eigenvalue weighted by molar-refractivity contribution is 6.37. The predicted molar refractivity (Wildman–Crippen MR) is 534 cm³/mol. The van der Waals surface area contributed by atoms with Crippen LogP contribution in [0.3, 0.4) is 0 Å². The van der Waals surface area contributed by atoms with Crippen LogP contribution in [-0.4, -0.2) is 17.8 Å². The lowest BCUT2D eigenvalue weighted by Crippen LogP contribution is -2.10. The van der Waals surface area contributed by atoms with E-state index in [4.69, 9.17) is 26.5 Å². The van der Waals surface area contributed by atoms with Gasteiger partial charge in [0.2, 0.25) is 0 Å². The molecule has 0 fully saturated rings. The van der Waals surface area contributed by atoms with Crippen LogP contribution in [0.2, 0.25) is 0 Å². The van der Waals surface area contributed by atoms with E-state index in [0.717, 1.165) is 285 Å². The minimum absolute atomic E-state index is 0.0320. The van der Waals surface area contributed by atoms with Gasteiger partial charge in [-0.25, -0.2) is 0 Å². The van der Waals surface area contributed by atoms with E-state index in [1.165, 1.54) is 38.2 Å². The summed E-state index contributed by atoms with van der Waals surface area (Å²) in [6, 6.07) is 121. The summed E-state index contributed by atoms with van der Waals surface area (Å²) in [5.41, 5.74) is 33.3. The van der Waals surface area contributed by atoms with Crippen molar-refractivity contribution in [1.29, 1.82) is 5.26 Å². The van der Waals surface area contributed by atoms with Crippen LogP contribution in [0.5, 0.6) is 0 Å². The van der Waals surface area contributed by atoms with Crippen LogP contribution in [0.15, 0.2) is 354 Å². The quantitative estimate of drug-likeness (QED) is 0.168. The Morgan fingerprint density at radius 3 is 0.777 bits per heavy atom. The zero-order chi connectivity index (χ0) is 84.6. The molecule has 0 N–H and O–H groups in total. The molecule has 13 heterocycles. The SMILES string of the molecule is CC(C)(C)c1ccc(-c2cc3c4ccc5c6ccccc6oc5c4n4c3c(c2)c2ccc3c5cc(-c6ccc7oc8c(ccc9c%10cc(-c%11ccc(C#N)cc%11)cc%11c%12ccc%13c%14cc(-c%15ccc%16oc%17c(ccc%18c%19cc(-n%20c%21ccccc%21c%21ccccc%21%20)cc%20c%21ccc%22c%23ccccc%23oc%22c%21n(c%20%19)c%18%17)c%16c%15)ccc%14oc%13c%12n(c%10%11)c98)c7c6)ccc5oc3c24)cc1. The highest BCUT2D eigenvalue weighted by Crippen LogP contribution is 2.55. The number of nitriles is 1. The minimum Gasteiger partial charge on any atom is -0.454 e. The first-order valence-corrected chi connectivity index (χ1v) is 44.4. The van der Waals surface area contributed by atoms with Gasteiger partial charge in [-0.2, -0.15) is 5.26 Å². The third-order valence-electron chi connectivity index (χ3n) is 29.5. The topological polar surface area (TPSA) is 121 Å². The molecule has 0 unspecified atom stereocenters. The van der Waals surface area contributed by atoms with Gasteiger partial charge in [0.25, 0.3) is 0 Å². The Balaban J connectivity index is 0.555. The number of furan rings is 6. The second kappa shape index (κ2) is 23.4. The summed E-state index contributed by atoms with van der Waals surface area (Å²) in [6.07, 6.45) is 0. The summed E-state index contributed by atoms with van der Waals surface area (Å²) in [5, 5.41) is 38.4. The summed E-state index contributed by atoms with van der Waals surface area (Å²) in [6.45, 7) is 6.81. The van der Waals surface area contributed by atoms with Crippen LogP contribution >= 0.6 is 0 Å². The first-order chi connectivity index (χ1) is 64.0. The number of para-hydroxylation sites is 4. The van der Waals surface area contributed by atoms with E-state index in [9.17, 15) is 5.26 Å². The van der Waals surface area contributed by atoms with Crippen molar-refractivity contribution in [2.75, 3.05) is 0 Å². The normalized spacial score (nSPS) is 13.0. The van der Waals surface area contributed by atoms with Crippen LogP contribution in [0, 0.1) is 11.3 Å². The van der Waals surface area contributed by atoms with Crippen LogP contribution in [0.1, 0.15) is 31.9 Å². The number of nitrogens with zero attached hydrogens (tertiary/aromatic N) is 5. The number of hydrogen-bond acceptors (Lipinski definition) is 7. The largest absolute Gasteiger partial charge is 0.454 e. The van der Waals surface area contributed by atoms with Gasteiger partial charge in [-0.05, 0) is 213 Å². The Labute approximate surface area is 733 Å². The molecule has 13 aromatic heterocycles. The molecule has 0 aliphatic rings. The average molecular weight is 1660 g/mol. The van der Waals surface area contributed by atoms with E-state index in [1.807, 2.05) is 24.3 Å². The highest BCUT2D eigenvalue weighted by Gasteiger charge is 2.32. The lowest BCUT2D eigenvalue weighted by atomic mass is 9.86. The molecule has 0 atom stereocenters. The van der Waals surface area contributed by atoms with Crippen molar-refractivity contribution in [2.45, 2.75) is 26.2 Å². The molecule has 32 rings (SSSR count). The summed E-state index contributed by atoms with van der Waals surface area (Å²) < 4.78 is 52.8. The molecule has 11 nitrogen and oxygen atoms in total. The fraction of sp³-hybridized carbons (Fsp3) is 0.0336. The van der Waals surface area contributed by atoms with Crippen molar-refractivity contribution < 1.29 is 26.5 Å². The van der Waals surface area contributed by atoms with Crippen LogP contribution in [0.25, 0.3) is 318 Å². The van der Waals surface area contributed by atoms with Crippen molar-refractivity contribution in [1.82, 2.24) is 17.8 Å². The average Bonchev–Trinajstić information content (AvgIpc) is 1.52. The Morgan fingerprint density at radius 1 is 0.208 bits per heavy atom. The third kappa shape index (κ3) is 8.46. The Kier molecular flexibility index (Phi) is 12.3. The van der Waals surface area contributed by atoms with Gasteiger partial charge < -0.3 is 44.3 Å². The number of benzene rings is 19. The highest BCUT2D eigenvalue weighted by atomic mass is 16.4. The summed E-state index contributed by atoms with van der Waals surface area (Å²) >= 11 is 0. The number of aromatic nitrogens is 4. The van der Waals surface area contributed by atoms with E-state index < -0.39 is 0 Å².